The summed E-state index contributed by atoms with van der Waals surface area (Å²) in [6, 6.07) is 16.2. The van der Waals surface area contributed by atoms with Crippen LogP contribution in [0.2, 0.25) is 0 Å². The average Bonchev–Trinajstić information content (AvgIpc) is 3.28. The molecule has 2 aromatic carbocycles. The van der Waals surface area contributed by atoms with Crippen molar-refractivity contribution >= 4 is 17.7 Å². The first-order valence-corrected chi connectivity index (χ1v) is 13.3. The van der Waals surface area contributed by atoms with Gasteiger partial charge < -0.3 is 19.5 Å². The fourth-order valence-corrected chi connectivity index (χ4v) is 5.96. The van der Waals surface area contributed by atoms with Crippen molar-refractivity contribution < 1.29 is 9.53 Å². The number of likely N-dealkylation sites (tertiary alicyclic amines) is 1. The Morgan fingerprint density at radius 2 is 1.89 bits per heavy atom. The fraction of sp³-hybridized carbons (Fsp3) is 0.444. The number of hydrogen-bond acceptors (Lipinski definition) is 6. The van der Waals surface area contributed by atoms with Gasteiger partial charge in [0.15, 0.2) is 11.0 Å². The molecule has 3 heterocycles. The van der Waals surface area contributed by atoms with Crippen molar-refractivity contribution in [2.45, 2.75) is 56.5 Å². The van der Waals surface area contributed by atoms with Gasteiger partial charge in [-0.15, -0.1) is 10.2 Å². The highest BCUT2D eigenvalue weighted by atomic mass is 32.2. The molecule has 1 saturated heterocycles. The predicted octanol–water partition coefficient (Wildman–Crippen LogP) is 4.47. The number of benzene rings is 2. The zero-order valence-corrected chi connectivity index (χ0v) is 21.5. The molecule has 0 saturated carbocycles. The fourth-order valence-electron chi connectivity index (χ4n) is 5.15. The molecule has 0 aliphatic carbocycles. The smallest absolute Gasteiger partial charge is 0.230 e. The number of para-hydroxylation sites is 1. The molecule has 2 aliphatic rings. The van der Waals surface area contributed by atoms with Crippen LogP contribution in [0.25, 0.3) is 11.4 Å². The molecule has 0 bridgehead atoms. The molecule has 1 aromatic heterocycles. The minimum absolute atomic E-state index is 0.00266. The van der Waals surface area contributed by atoms with E-state index < -0.39 is 0 Å². The number of carbonyl (C=O) groups is 1. The zero-order valence-electron chi connectivity index (χ0n) is 20.7. The molecule has 2 aliphatic heterocycles. The van der Waals surface area contributed by atoms with Crippen LogP contribution in [-0.2, 0) is 11.3 Å². The summed E-state index contributed by atoms with van der Waals surface area (Å²) in [6.07, 6.45) is 2.75. The number of aryl methyl sites for hydroxylation is 1. The molecule has 1 unspecified atom stereocenters. The van der Waals surface area contributed by atoms with E-state index in [1.54, 1.807) is 0 Å². The van der Waals surface area contributed by atoms with E-state index in [0.29, 0.717) is 5.75 Å². The van der Waals surface area contributed by atoms with Crippen molar-refractivity contribution in [3.8, 4) is 17.1 Å². The summed E-state index contributed by atoms with van der Waals surface area (Å²) >= 11 is 1.44. The van der Waals surface area contributed by atoms with Crippen molar-refractivity contribution in [2.24, 2.45) is 0 Å². The van der Waals surface area contributed by atoms with E-state index in [4.69, 9.17) is 4.74 Å². The summed E-state index contributed by atoms with van der Waals surface area (Å²) in [6.45, 7) is 6.91. The van der Waals surface area contributed by atoms with Crippen LogP contribution in [0.5, 0.6) is 5.75 Å². The normalized spacial score (nSPS) is 19.2. The number of rotatable bonds is 6. The number of thioether (sulfide) groups is 1. The van der Waals surface area contributed by atoms with Gasteiger partial charge in [0.05, 0.1) is 11.8 Å². The summed E-state index contributed by atoms with van der Waals surface area (Å²) in [5.74, 6) is 2.04. The van der Waals surface area contributed by atoms with Crippen molar-refractivity contribution in [3.05, 3.63) is 59.7 Å². The van der Waals surface area contributed by atoms with Gasteiger partial charge in [-0.3, -0.25) is 4.79 Å². The second kappa shape index (κ2) is 10.0. The Kier molecular flexibility index (Phi) is 6.84. The van der Waals surface area contributed by atoms with E-state index in [2.05, 4.69) is 64.1 Å². The lowest BCUT2D eigenvalue weighted by molar-refractivity contribution is -0.120. The number of ether oxygens (including phenoxy) is 1. The third kappa shape index (κ3) is 4.95. The minimum Gasteiger partial charge on any atom is -0.487 e. The molecule has 0 radical (unpaired) electrons. The number of fused-ring (bicyclic) bond motifs is 1. The molecule has 184 valence electrons. The Labute approximate surface area is 211 Å². The second-order valence-electron chi connectivity index (χ2n) is 9.60. The van der Waals surface area contributed by atoms with Crippen LogP contribution < -0.4 is 10.1 Å². The standard InChI is InChI=1S/C27H33N5O2S/c1-4-32-25(20-10-6-5-9-19(20)2)29-30-26(32)35-18-24(33)28-22-17-27(13-15-31(3)16-14-27)34-23-12-8-7-11-21(22)23/h5-12,22H,4,13-18H2,1-3H3,(H,28,33). The molecule has 35 heavy (non-hydrogen) atoms. The third-order valence-corrected chi connectivity index (χ3v) is 8.15. The summed E-state index contributed by atoms with van der Waals surface area (Å²) < 4.78 is 8.61. The highest BCUT2D eigenvalue weighted by Crippen LogP contribution is 2.44. The maximum atomic E-state index is 13.1. The van der Waals surface area contributed by atoms with Gasteiger partial charge in [-0.1, -0.05) is 54.2 Å². The first-order chi connectivity index (χ1) is 17.0. The minimum atomic E-state index is -0.212. The monoisotopic (exact) mass is 491 g/mol. The van der Waals surface area contributed by atoms with E-state index in [0.717, 1.165) is 72.3 Å². The van der Waals surface area contributed by atoms with E-state index in [9.17, 15) is 4.79 Å². The van der Waals surface area contributed by atoms with Crippen molar-refractivity contribution in [1.29, 1.82) is 0 Å². The van der Waals surface area contributed by atoms with E-state index in [-0.39, 0.29) is 17.6 Å². The van der Waals surface area contributed by atoms with Gasteiger partial charge in [-0.2, -0.15) is 0 Å². The summed E-state index contributed by atoms with van der Waals surface area (Å²) in [7, 11) is 2.15. The Balaban J connectivity index is 1.29. The maximum absolute atomic E-state index is 13.1. The lowest BCUT2D eigenvalue weighted by atomic mass is 9.80. The van der Waals surface area contributed by atoms with Gasteiger partial charge in [0.2, 0.25) is 5.91 Å². The van der Waals surface area contributed by atoms with Gasteiger partial charge >= 0.3 is 0 Å². The largest absolute Gasteiger partial charge is 0.487 e. The molecule has 3 aromatic rings. The van der Waals surface area contributed by atoms with Crippen molar-refractivity contribution in [3.63, 3.8) is 0 Å². The number of amides is 1. The van der Waals surface area contributed by atoms with E-state index in [1.807, 2.05) is 30.3 Å². The lowest BCUT2D eigenvalue weighted by Gasteiger charge is -2.46. The number of nitrogens with one attached hydrogen (secondary N) is 1. The van der Waals surface area contributed by atoms with Crippen LogP contribution in [0.15, 0.2) is 53.7 Å². The Morgan fingerprint density at radius 1 is 1.14 bits per heavy atom. The lowest BCUT2D eigenvalue weighted by Crippen LogP contribution is -2.51. The van der Waals surface area contributed by atoms with Gasteiger partial charge in [0, 0.05) is 37.2 Å². The molecule has 1 atom stereocenters. The number of nitrogens with zero attached hydrogens (tertiary/aromatic N) is 4. The third-order valence-electron chi connectivity index (χ3n) is 7.18. The van der Waals surface area contributed by atoms with Gasteiger partial charge in [0.1, 0.15) is 11.4 Å². The first-order valence-electron chi connectivity index (χ1n) is 12.4. The number of piperidine rings is 1. The first kappa shape index (κ1) is 23.9. The summed E-state index contributed by atoms with van der Waals surface area (Å²) in [5.41, 5.74) is 3.08. The number of carbonyl (C=O) groups excluding carboxylic acids is 1. The highest BCUT2D eigenvalue weighted by Gasteiger charge is 2.43. The molecular weight excluding hydrogens is 458 g/mol. The van der Waals surface area contributed by atoms with Crippen LogP contribution in [0.4, 0.5) is 0 Å². The number of aromatic nitrogens is 3. The van der Waals surface area contributed by atoms with Crippen LogP contribution >= 0.6 is 11.8 Å². The van der Waals surface area contributed by atoms with Crippen LogP contribution in [0.3, 0.4) is 0 Å². The molecule has 1 spiro atoms. The van der Waals surface area contributed by atoms with E-state index in [1.165, 1.54) is 11.8 Å². The van der Waals surface area contributed by atoms with Gasteiger partial charge in [-0.25, -0.2) is 0 Å². The van der Waals surface area contributed by atoms with Crippen LogP contribution in [-0.4, -0.2) is 57.1 Å². The molecule has 1 amide bonds. The van der Waals surface area contributed by atoms with Crippen molar-refractivity contribution in [1.82, 2.24) is 25.0 Å². The molecule has 8 heteroatoms. The molecule has 1 N–H and O–H groups in total. The van der Waals surface area contributed by atoms with Gasteiger partial charge in [-0.05, 0) is 45.4 Å². The second-order valence-corrected chi connectivity index (χ2v) is 10.5. The van der Waals surface area contributed by atoms with E-state index >= 15 is 0 Å². The molecule has 1 fully saturated rings. The van der Waals surface area contributed by atoms with Crippen LogP contribution in [0, 0.1) is 6.92 Å². The Bertz CT molecular complexity index is 1200. The maximum Gasteiger partial charge on any atom is 0.230 e. The van der Waals surface area contributed by atoms with Crippen molar-refractivity contribution in [2.75, 3.05) is 25.9 Å². The highest BCUT2D eigenvalue weighted by molar-refractivity contribution is 7.99. The molecule has 5 rings (SSSR count). The summed E-state index contributed by atoms with van der Waals surface area (Å²) in [4.78, 5) is 15.5. The summed E-state index contributed by atoms with van der Waals surface area (Å²) in [5, 5.41) is 12.9. The molecular formula is C27H33N5O2S. The predicted molar refractivity (Wildman–Crippen MR) is 139 cm³/mol. The molecule has 7 nitrogen and oxygen atoms in total. The topological polar surface area (TPSA) is 72.3 Å². The Morgan fingerprint density at radius 3 is 2.66 bits per heavy atom. The Hall–Kier alpha value is -2.84. The van der Waals surface area contributed by atoms with Crippen LogP contribution in [0.1, 0.15) is 43.4 Å². The number of hydrogen-bond donors (Lipinski definition) is 1. The van der Waals surface area contributed by atoms with Gasteiger partial charge in [0.25, 0.3) is 0 Å². The quantitative estimate of drug-likeness (QED) is 0.513. The average molecular weight is 492 g/mol. The zero-order chi connectivity index (χ0) is 24.4. The SMILES string of the molecule is CCn1c(SCC(=O)NC2CC3(CCN(C)CC3)Oc3ccccc32)nnc1-c1ccccc1C.